The molecule has 26 N–H and O–H groups in total. The Balaban J connectivity index is 1.81. The molecule has 3 fully saturated rings. The molecule has 0 spiro atoms. The quantitative estimate of drug-likeness (QED) is 0.0153. The van der Waals surface area contributed by atoms with Crippen molar-refractivity contribution in [3.05, 3.63) is 0 Å². The van der Waals surface area contributed by atoms with Gasteiger partial charge in [0.15, 0.2) is 5.96 Å². The van der Waals surface area contributed by atoms with Gasteiger partial charge in [-0.3, -0.25) is 96.1 Å². The summed E-state index contributed by atoms with van der Waals surface area (Å²) in [6.07, 6.45) is -1.97. The van der Waals surface area contributed by atoms with Gasteiger partial charge in [-0.05, 0) is 113 Å². The van der Waals surface area contributed by atoms with Crippen LogP contribution in [0.5, 0.6) is 0 Å². The molecule has 0 aliphatic carbocycles. The van der Waals surface area contributed by atoms with Crippen molar-refractivity contribution in [1.82, 2.24) is 83.8 Å². The lowest BCUT2D eigenvalue weighted by atomic mass is 9.95. The molecule has 3 rings (SSSR count). The SMILES string of the molecule is CC[C@H](C)[C@H](NC(=O)[C@@H](NC(=O)[C@@H](NC(=O)[C@H](CCCN=C(N)N)NC(=O)[C@H](CO)NC(=O)[C@@H](N)CC(=O)O)C(C)C)C(C)C)C(=O)N[C@@H](CCC(N)=O)C(=O)N1CCC[C@H]1C(=O)N[C@@H](CO)C(=O)N1CCC[C@H]1C(=O)N[C@H](C(=O)N[C@H](C(=O)N[C@H](C(=O)N[C@H](C(=O)N[C@@H](CC(C)C)C(=O)N1CCC[C@H]1C(=O)NCC(=O)O)[C@@H](C)O)C(C)C)C(C)C)C(C)C. The summed E-state index contributed by atoms with van der Waals surface area (Å²) >= 11 is 0. The van der Waals surface area contributed by atoms with E-state index in [9.17, 15) is 106 Å². The Morgan fingerprint density at radius 1 is 0.403 bits per heavy atom. The Morgan fingerprint density at radius 3 is 1.15 bits per heavy atom. The normalized spacial score (nSPS) is 18.8. The van der Waals surface area contributed by atoms with Crippen molar-refractivity contribution >= 4 is 118 Å². The molecule has 0 radical (unpaired) electrons. The maximum Gasteiger partial charge on any atom is 0.322 e. The van der Waals surface area contributed by atoms with E-state index in [2.05, 4.69) is 74.1 Å². The van der Waals surface area contributed by atoms with Crippen LogP contribution in [0.2, 0.25) is 0 Å². The number of likely N-dealkylation sites (tertiary alicyclic amines) is 3. The van der Waals surface area contributed by atoms with E-state index < -0.39 is 290 Å². The molecule has 3 saturated heterocycles. The predicted molar refractivity (Wildman–Crippen MR) is 446 cm³/mol. The molecule has 3 heterocycles. The lowest BCUT2D eigenvalue weighted by Gasteiger charge is -2.33. The van der Waals surface area contributed by atoms with Gasteiger partial charge in [-0.15, -0.1) is 0 Å². The predicted octanol–water partition coefficient (Wildman–Crippen LogP) is -7.16. The van der Waals surface area contributed by atoms with Crippen LogP contribution in [0.3, 0.4) is 0 Å². The topological polar surface area (TPSA) is 708 Å². The molecule has 3 aliphatic rings. The van der Waals surface area contributed by atoms with Crippen molar-refractivity contribution in [2.24, 2.45) is 69.4 Å². The first-order valence-electron chi connectivity index (χ1n) is 42.2. The van der Waals surface area contributed by atoms with E-state index in [0.29, 0.717) is 6.42 Å². The summed E-state index contributed by atoms with van der Waals surface area (Å²) in [5.41, 5.74) is 22.1. The molecule has 3 aliphatic heterocycles. The van der Waals surface area contributed by atoms with E-state index >= 15 is 0 Å². The maximum absolute atomic E-state index is 14.8. The highest BCUT2D eigenvalue weighted by Crippen LogP contribution is 2.26. The minimum absolute atomic E-state index is 0.00288. The smallest absolute Gasteiger partial charge is 0.322 e. The van der Waals surface area contributed by atoms with Gasteiger partial charge in [0, 0.05) is 32.6 Å². The fraction of sp³-hybridized carbons (Fsp3) is 0.747. The van der Waals surface area contributed by atoms with E-state index in [0.717, 1.165) is 9.80 Å². The summed E-state index contributed by atoms with van der Waals surface area (Å²) in [6, 6.07) is -23.2. The molecule has 45 nitrogen and oxygen atoms in total. The van der Waals surface area contributed by atoms with Gasteiger partial charge in [-0.1, -0.05) is 103 Å². The third kappa shape index (κ3) is 32.9. The van der Waals surface area contributed by atoms with Crippen molar-refractivity contribution in [2.45, 2.75) is 290 Å². The number of rotatable bonds is 51. The molecule has 17 amide bonds. The minimum atomic E-state index is -1.73. The van der Waals surface area contributed by atoms with Crippen LogP contribution in [-0.2, 0) is 91.1 Å². The number of aliphatic hydroxyl groups is 3. The summed E-state index contributed by atoms with van der Waals surface area (Å²) < 4.78 is 0. The fourth-order valence-electron chi connectivity index (χ4n) is 14.3. The number of nitrogens with two attached hydrogens (primary N) is 4. The number of aliphatic imine (C=N–C) groups is 1. The van der Waals surface area contributed by atoms with E-state index in [1.807, 2.05) is 0 Å². The Bertz CT molecular complexity index is 3780. The number of hydrogen-bond donors (Lipinski definition) is 22. The second-order valence-corrected chi connectivity index (χ2v) is 33.9. The van der Waals surface area contributed by atoms with E-state index in [1.54, 1.807) is 96.9 Å². The number of carboxylic acid groups (broad SMARTS) is 2. The number of guanidine groups is 1. The average molecular weight is 1760 g/mol. The van der Waals surface area contributed by atoms with Crippen LogP contribution in [0.4, 0.5) is 0 Å². The van der Waals surface area contributed by atoms with Crippen LogP contribution in [0, 0.1) is 41.4 Å². The number of carbonyl (C=O) groups excluding carboxylic acids is 17. The Labute approximate surface area is 721 Å². The number of primary amides is 1. The molecule has 18 atom stereocenters. The Kier molecular flexibility index (Phi) is 44.4. The highest BCUT2D eigenvalue weighted by molar-refractivity contribution is 6.02. The maximum atomic E-state index is 14.8. The third-order valence-corrected chi connectivity index (χ3v) is 21.6. The van der Waals surface area contributed by atoms with Crippen LogP contribution in [0.15, 0.2) is 4.99 Å². The van der Waals surface area contributed by atoms with Crippen molar-refractivity contribution in [2.75, 3.05) is 45.9 Å². The van der Waals surface area contributed by atoms with Crippen molar-refractivity contribution in [3.63, 3.8) is 0 Å². The number of hydrogen-bond acceptors (Lipinski definition) is 24. The number of aliphatic carboxylic acids is 2. The Hall–Kier alpha value is -11.0. The zero-order chi connectivity index (χ0) is 94.2. The first-order valence-corrected chi connectivity index (χ1v) is 42.2. The van der Waals surface area contributed by atoms with Gasteiger partial charge in [0.05, 0.1) is 31.8 Å². The molecule has 0 aromatic heterocycles. The Morgan fingerprint density at radius 2 is 0.758 bits per heavy atom. The molecule has 700 valence electrons. The van der Waals surface area contributed by atoms with Crippen LogP contribution in [0.1, 0.15) is 187 Å². The highest BCUT2D eigenvalue weighted by Gasteiger charge is 2.46. The molecular weight excluding hydrogens is 1630 g/mol. The second kappa shape index (κ2) is 51.3. The van der Waals surface area contributed by atoms with Crippen molar-refractivity contribution < 1.29 is 117 Å². The largest absolute Gasteiger partial charge is 0.481 e. The third-order valence-electron chi connectivity index (χ3n) is 21.6. The summed E-state index contributed by atoms with van der Waals surface area (Å²) in [7, 11) is 0. The van der Waals surface area contributed by atoms with Gasteiger partial charge in [0.1, 0.15) is 97.2 Å². The number of carboxylic acids is 2. The number of amides is 17. The summed E-state index contributed by atoms with van der Waals surface area (Å²) in [5.74, 6) is -22.7. The molecule has 0 bridgehead atoms. The summed E-state index contributed by atoms with van der Waals surface area (Å²) in [5, 5.41) is 82.8. The molecular formula is C79H135N21O24. The number of carbonyl (C=O) groups is 19. The van der Waals surface area contributed by atoms with Gasteiger partial charge in [0.2, 0.25) is 100 Å². The van der Waals surface area contributed by atoms with Gasteiger partial charge in [-0.2, -0.15) is 0 Å². The van der Waals surface area contributed by atoms with Gasteiger partial charge in [-0.25, -0.2) is 0 Å². The van der Waals surface area contributed by atoms with E-state index in [1.165, 1.54) is 11.8 Å². The highest BCUT2D eigenvalue weighted by atomic mass is 16.4. The zero-order valence-corrected chi connectivity index (χ0v) is 73.6. The van der Waals surface area contributed by atoms with Gasteiger partial charge < -0.3 is 132 Å². The van der Waals surface area contributed by atoms with E-state index in [-0.39, 0.29) is 95.8 Å². The van der Waals surface area contributed by atoms with Gasteiger partial charge in [0.25, 0.3) is 0 Å². The summed E-state index contributed by atoms with van der Waals surface area (Å²) in [4.78, 5) is 268. The lowest BCUT2D eigenvalue weighted by molar-refractivity contribution is -0.145. The first-order chi connectivity index (χ1) is 57.9. The molecule has 45 heteroatoms. The van der Waals surface area contributed by atoms with Crippen molar-refractivity contribution in [1.29, 1.82) is 0 Å². The number of aliphatic hydroxyl groups excluding tert-OH is 3. The standard InChI is InChI=1S/C79H135N21O24/c1-16-42(14)61(96-72(118)59(40(10)11)94-69(115)56(37(4)5)91-64(110)45(21-17-27-84-79(82)83)86-65(111)48(34-101)89-63(109)44(80)32-54(105)106)74(120)87-46(25-26-53(81)104)76(122)99-29-19-23-51(99)67(113)90-49(35-102)78(124)100-30-20-24-52(100)68(114)92-57(38(6)7)70(116)93-58(39(8)9)71(117)95-60(41(12)13)73(119)97-62(43(15)103)75(121)88-47(31-36(2)3)77(123)98-28-18-22-50(98)66(112)85-33-55(107)108/h36-52,56-62,101-103H,16-35,80H2,1-15H3,(H2,81,104)(H,85,112)(H,86,111)(H,87,120)(H,88,121)(H,89,109)(H,90,113)(H,91,110)(H,92,114)(H,93,116)(H,94,115)(H,95,117)(H,96,118)(H,97,119)(H,105,106)(H,107,108)(H4,82,83,84)/t42-,43+,44-,45-,46-,47-,48-,49-,50-,51-,52-,56-,57-,58-,59-,60-,61-,62-/m0/s1. The van der Waals surface area contributed by atoms with Gasteiger partial charge >= 0.3 is 11.9 Å². The monoisotopic (exact) mass is 1760 g/mol. The minimum Gasteiger partial charge on any atom is -0.481 e. The van der Waals surface area contributed by atoms with Crippen LogP contribution >= 0.6 is 0 Å². The molecule has 0 saturated carbocycles. The van der Waals surface area contributed by atoms with Crippen LogP contribution in [0.25, 0.3) is 0 Å². The number of nitrogens with one attached hydrogen (secondary N) is 13. The zero-order valence-electron chi connectivity index (χ0n) is 73.6. The lowest BCUT2D eigenvalue weighted by Crippen LogP contribution is -2.63. The van der Waals surface area contributed by atoms with Crippen molar-refractivity contribution in [3.8, 4) is 0 Å². The molecule has 0 unspecified atom stereocenters. The molecule has 124 heavy (non-hydrogen) atoms. The summed E-state index contributed by atoms with van der Waals surface area (Å²) in [6.45, 7) is 21.1. The molecule has 0 aromatic rings. The van der Waals surface area contributed by atoms with Crippen LogP contribution in [-0.4, -0.2) is 307 Å². The average Bonchev–Trinajstić information content (AvgIpc) is 1.62. The van der Waals surface area contributed by atoms with E-state index in [4.69, 9.17) is 33.1 Å². The number of nitrogens with zero attached hydrogens (tertiary/aromatic N) is 4. The molecule has 0 aromatic carbocycles. The second-order valence-electron chi connectivity index (χ2n) is 33.9. The fourth-order valence-corrected chi connectivity index (χ4v) is 14.3. The van der Waals surface area contributed by atoms with Crippen LogP contribution < -0.4 is 92.1 Å². The first kappa shape index (κ1) is 107.